The van der Waals surface area contributed by atoms with Gasteiger partial charge in [-0.25, -0.2) is 0 Å². The molecule has 2 nitrogen and oxygen atoms in total. The van der Waals surface area contributed by atoms with E-state index in [2.05, 4.69) is 56.4 Å². The first kappa shape index (κ1) is 16.5. The summed E-state index contributed by atoms with van der Waals surface area (Å²) in [6.45, 7) is 6.54. The van der Waals surface area contributed by atoms with E-state index in [1.807, 2.05) is 36.4 Å². The fraction of sp³-hybridized carbons (Fsp3) is 0.273. The minimum Gasteiger partial charge on any atom is -0.507 e. The van der Waals surface area contributed by atoms with E-state index in [4.69, 9.17) is 0 Å². The summed E-state index contributed by atoms with van der Waals surface area (Å²) in [7, 11) is 0. The number of hydrogen-bond acceptors (Lipinski definition) is 2. The molecule has 0 aliphatic rings. The van der Waals surface area contributed by atoms with Crippen LogP contribution < -0.4 is 5.32 Å². The quantitative estimate of drug-likeness (QED) is 0.642. The monoisotopic (exact) mass is 319 g/mol. The Hall–Kier alpha value is -2.32. The number of benzene rings is 3. The number of rotatable bonds is 5. The first-order chi connectivity index (χ1) is 11.6. The minimum absolute atomic E-state index is 0.0878. The Balaban J connectivity index is 1.95. The van der Waals surface area contributed by atoms with E-state index < -0.39 is 0 Å². The fourth-order valence-corrected chi connectivity index (χ4v) is 3.27. The zero-order valence-electron chi connectivity index (χ0n) is 14.5. The van der Waals surface area contributed by atoms with E-state index in [1.165, 1.54) is 5.56 Å². The topological polar surface area (TPSA) is 32.3 Å². The molecule has 0 aromatic heterocycles. The van der Waals surface area contributed by atoms with Crippen LogP contribution in [-0.2, 0) is 0 Å². The second-order valence-corrected chi connectivity index (χ2v) is 6.75. The summed E-state index contributed by atoms with van der Waals surface area (Å²) in [5.41, 5.74) is 2.22. The lowest BCUT2D eigenvalue weighted by Crippen LogP contribution is -2.28. The fourth-order valence-electron chi connectivity index (χ4n) is 3.27. The largest absolute Gasteiger partial charge is 0.507 e. The first-order valence-corrected chi connectivity index (χ1v) is 8.59. The van der Waals surface area contributed by atoms with Crippen LogP contribution in [0.2, 0.25) is 0 Å². The molecule has 2 N–H and O–H groups in total. The molecule has 0 unspecified atom stereocenters. The van der Waals surface area contributed by atoms with Gasteiger partial charge in [0.25, 0.3) is 0 Å². The van der Waals surface area contributed by atoms with Crippen molar-refractivity contribution < 1.29 is 5.11 Å². The van der Waals surface area contributed by atoms with Crippen LogP contribution in [0.3, 0.4) is 0 Å². The lowest BCUT2D eigenvalue weighted by Gasteiger charge is -2.28. The molecule has 3 aromatic rings. The predicted octanol–water partition coefficient (Wildman–Crippen LogP) is 5.59. The lowest BCUT2D eigenvalue weighted by atomic mass is 9.91. The van der Waals surface area contributed by atoms with E-state index in [0.29, 0.717) is 11.7 Å². The normalized spacial score (nSPS) is 14.0. The van der Waals surface area contributed by atoms with Gasteiger partial charge in [0.15, 0.2) is 0 Å². The Kier molecular flexibility index (Phi) is 4.86. The average Bonchev–Trinajstić information content (AvgIpc) is 2.61. The van der Waals surface area contributed by atoms with Crippen LogP contribution in [0.25, 0.3) is 10.8 Å². The van der Waals surface area contributed by atoms with Crippen molar-refractivity contribution in [2.75, 3.05) is 0 Å². The second kappa shape index (κ2) is 7.06. The third-order valence-corrected chi connectivity index (χ3v) is 4.66. The van der Waals surface area contributed by atoms with Gasteiger partial charge >= 0.3 is 0 Å². The van der Waals surface area contributed by atoms with Crippen LogP contribution in [0.1, 0.15) is 44.0 Å². The summed E-state index contributed by atoms with van der Waals surface area (Å²) in [5.74, 6) is 0.753. The zero-order valence-corrected chi connectivity index (χ0v) is 14.5. The number of fused-ring (bicyclic) bond motifs is 1. The molecular formula is C22H25NO. The molecule has 0 saturated heterocycles. The molecule has 3 rings (SSSR count). The van der Waals surface area contributed by atoms with Crippen LogP contribution in [0.15, 0.2) is 66.7 Å². The van der Waals surface area contributed by atoms with Crippen molar-refractivity contribution in [3.8, 4) is 5.75 Å². The summed E-state index contributed by atoms with van der Waals surface area (Å²) >= 11 is 0. The molecule has 2 heteroatoms. The van der Waals surface area contributed by atoms with Crippen LogP contribution in [0, 0.1) is 5.92 Å². The maximum Gasteiger partial charge on any atom is 0.128 e. The number of phenols is 1. The van der Waals surface area contributed by atoms with Gasteiger partial charge in [-0.2, -0.15) is 0 Å². The van der Waals surface area contributed by atoms with E-state index in [0.717, 1.165) is 16.3 Å². The van der Waals surface area contributed by atoms with Gasteiger partial charge in [0.1, 0.15) is 5.75 Å². The molecule has 0 spiro atoms. The summed E-state index contributed by atoms with van der Waals surface area (Å²) in [6.07, 6.45) is 0. The highest BCUT2D eigenvalue weighted by atomic mass is 16.3. The molecule has 0 bridgehead atoms. The van der Waals surface area contributed by atoms with E-state index in [1.54, 1.807) is 0 Å². The summed E-state index contributed by atoms with van der Waals surface area (Å²) in [5, 5.41) is 16.5. The van der Waals surface area contributed by atoms with Crippen molar-refractivity contribution in [1.82, 2.24) is 5.32 Å². The highest BCUT2D eigenvalue weighted by Crippen LogP contribution is 2.36. The lowest BCUT2D eigenvalue weighted by molar-refractivity contribution is 0.360. The summed E-state index contributed by atoms with van der Waals surface area (Å²) in [4.78, 5) is 0. The Morgan fingerprint density at radius 1 is 0.792 bits per heavy atom. The molecule has 2 atom stereocenters. The van der Waals surface area contributed by atoms with E-state index >= 15 is 0 Å². The van der Waals surface area contributed by atoms with Crippen molar-refractivity contribution in [2.45, 2.75) is 32.9 Å². The predicted molar refractivity (Wildman–Crippen MR) is 101 cm³/mol. The molecule has 0 amide bonds. The third kappa shape index (κ3) is 3.29. The third-order valence-electron chi connectivity index (χ3n) is 4.66. The van der Waals surface area contributed by atoms with Gasteiger partial charge in [-0.1, -0.05) is 80.6 Å². The molecule has 3 aromatic carbocycles. The second-order valence-electron chi connectivity index (χ2n) is 6.75. The van der Waals surface area contributed by atoms with Crippen molar-refractivity contribution >= 4 is 10.8 Å². The van der Waals surface area contributed by atoms with Crippen molar-refractivity contribution in [2.24, 2.45) is 5.92 Å². The smallest absolute Gasteiger partial charge is 0.128 e. The number of phenolic OH excluding ortho intramolecular Hbond substituents is 1. The van der Waals surface area contributed by atoms with Crippen LogP contribution in [0.5, 0.6) is 5.75 Å². The van der Waals surface area contributed by atoms with Crippen molar-refractivity contribution in [3.63, 3.8) is 0 Å². The molecule has 24 heavy (non-hydrogen) atoms. The van der Waals surface area contributed by atoms with Crippen LogP contribution in [0.4, 0.5) is 0 Å². The van der Waals surface area contributed by atoms with Crippen molar-refractivity contribution in [1.29, 1.82) is 0 Å². The van der Waals surface area contributed by atoms with Crippen LogP contribution >= 0.6 is 0 Å². The van der Waals surface area contributed by atoms with Gasteiger partial charge < -0.3 is 10.4 Å². The maximum atomic E-state index is 10.8. The molecule has 0 fully saturated rings. The van der Waals surface area contributed by atoms with Crippen molar-refractivity contribution in [3.05, 3.63) is 77.9 Å². The number of hydrogen-bond donors (Lipinski definition) is 2. The molecule has 0 aliphatic heterocycles. The molecule has 0 radical (unpaired) electrons. The molecular weight excluding hydrogens is 294 g/mol. The van der Waals surface area contributed by atoms with Gasteiger partial charge in [-0.05, 0) is 23.8 Å². The maximum absolute atomic E-state index is 10.8. The van der Waals surface area contributed by atoms with Crippen LogP contribution in [-0.4, -0.2) is 5.11 Å². The Labute approximate surface area is 144 Å². The molecule has 124 valence electrons. The number of nitrogens with one attached hydrogen (secondary N) is 1. The number of aromatic hydroxyl groups is 1. The Bertz CT molecular complexity index is 811. The average molecular weight is 319 g/mol. The minimum atomic E-state index is 0.0878. The Morgan fingerprint density at radius 2 is 1.46 bits per heavy atom. The highest BCUT2D eigenvalue weighted by Gasteiger charge is 2.22. The highest BCUT2D eigenvalue weighted by molar-refractivity contribution is 5.89. The first-order valence-electron chi connectivity index (χ1n) is 8.59. The molecule has 0 aliphatic carbocycles. The van der Waals surface area contributed by atoms with Gasteiger partial charge in [-0.3, -0.25) is 0 Å². The Morgan fingerprint density at radius 3 is 2.17 bits per heavy atom. The summed E-state index contributed by atoms with van der Waals surface area (Å²) in [6, 6.07) is 22.8. The van der Waals surface area contributed by atoms with Gasteiger partial charge in [-0.15, -0.1) is 0 Å². The summed E-state index contributed by atoms with van der Waals surface area (Å²) < 4.78 is 0. The molecule has 0 saturated carbocycles. The SMILES string of the molecule is CC(C)[C@@H](N[C@H](C)c1ccccc1)c1ccc2ccccc2c1O. The van der Waals surface area contributed by atoms with Gasteiger partial charge in [0, 0.05) is 23.0 Å². The molecule has 0 heterocycles. The van der Waals surface area contributed by atoms with E-state index in [9.17, 15) is 5.11 Å². The standard InChI is InChI=1S/C22H25NO/c1-15(2)21(23-16(3)17-9-5-4-6-10-17)20-14-13-18-11-7-8-12-19(18)22(20)24/h4-16,21,23-24H,1-3H3/t16-,21-/m1/s1. The van der Waals surface area contributed by atoms with Gasteiger partial charge in [0.2, 0.25) is 0 Å². The zero-order chi connectivity index (χ0) is 17.1. The van der Waals surface area contributed by atoms with E-state index in [-0.39, 0.29) is 12.1 Å². The van der Waals surface area contributed by atoms with Gasteiger partial charge in [0.05, 0.1) is 0 Å².